The lowest BCUT2D eigenvalue weighted by molar-refractivity contribution is 0.0821. The van der Waals surface area contributed by atoms with Gasteiger partial charge < -0.3 is 20.4 Å². The Kier molecular flexibility index (Phi) is 6.09. The van der Waals surface area contributed by atoms with Gasteiger partial charge in [-0.05, 0) is 29.5 Å². The van der Waals surface area contributed by atoms with Gasteiger partial charge in [0, 0.05) is 43.3 Å². The van der Waals surface area contributed by atoms with E-state index in [9.17, 15) is 10.2 Å². The number of hydrogen-bond donors (Lipinski definition) is 3. The number of hydrogen-bond acceptors (Lipinski definition) is 4. The van der Waals surface area contributed by atoms with Crippen molar-refractivity contribution in [3.8, 4) is 5.75 Å². The Morgan fingerprint density at radius 2 is 1.77 bits per heavy atom. The van der Waals surface area contributed by atoms with Gasteiger partial charge in [0.25, 0.3) is 0 Å². The normalized spacial score (nSPS) is 19.4. The molecule has 1 aromatic carbocycles. The zero-order chi connectivity index (χ0) is 16.3. The van der Waals surface area contributed by atoms with E-state index in [4.69, 9.17) is 11.6 Å². The number of aliphatic hydroxyl groups is 1. The summed E-state index contributed by atoms with van der Waals surface area (Å²) in [5.74, 6) is 0.370. The Bertz CT molecular complexity index is 502. The molecule has 3 N–H and O–H groups in total. The minimum atomic E-state index is -0.717. The predicted octanol–water partition coefficient (Wildman–Crippen LogP) is 2.74. The molecule has 0 aromatic heterocycles. The van der Waals surface area contributed by atoms with Crippen molar-refractivity contribution in [1.29, 1.82) is 0 Å². The number of halogens is 1. The van der Waals surface area contributed by atoms with Gasteiger partial charge in [-0.15, -0.1) is 0 Å². The number of phenolic OH excluding ortho intramolecular Hbond substituents is 1. The van der Waals surface area contributed by atoms with Crippen LogP contribution in [0.25, 0.3) is 0 Å². The molecule has 0 amide bonds. The quantitative estimate of drug-likeness (QED) is 0.779. The van der Waals surface area contributed by atoms with E-state index < -0.39 is 6.10 Å². The number of piperazine rings is 1. The molecule has 0 saturated carbocycles. The number of benzene rings is 1. The maximum Gasteiger partial charge on any atom is 0.124 e. The molecule has 1 saturated heterocycles. The average molecular weight is 327 g/mol. The second kappa shape index (κ2) is 7.64. The van der Waals surface area contributed by atoms with Gasteiger partial charge in [0.15, 0.2) is 0 Å². The Labute approximate surface area is 138 Å². The molecule has 2 atom stereocenters. The molecule has 0 spiro atoms. The fourth-order valence-electron chi connectivity index (χ4n) is 3.02. The first-order valence-electron chi connectivity index (χ1n) is 8.03. The maximum atomic E-state index is 10.7. The highest BCUT2D eigenvalue weighted by atomic mass is 35.5. The Balaban J connectivity index is 2.15. The summed E-state index contributed by atoms with van der Waals surface area (Å²) in [6.45, 7) is 10.8. The largest absolute Gasteiger partial charge is 0.507 e. The summed E-state index contributed by atoms with van der Waals surface area (Å²) in [4.78, 5) is 2.34. The standard InChI is InChI=1S/C17H27ClN2O2/c1-11(2)14-8-13(18)9-15(17(14)22)16(21)12(3)10-20-6-4-19-5-7-20/h8-9,11-12,16,19,21-22H,4-7,10H2,1-3H3. The van der Waals surface area contributed by atoms with E-state index in [1.165, 1.54) is 0 Å². The molecule has 1 aromatic rings. The number of phenols is 1. The number of aliphatic hydroxyl groups excluding tert-OH is 1. The second-order valence-corrected chi connectivity index (χ2v) is 7.00. The molecule has 4 nitrogen and oxygen atoms in total. The van der Waals surface area contributed by atoms with Crippen LogP contribution in [0.3, 0.4) is 0 Å². The number of aromatic hydroxyl groups is 1. The van der Waals surface area contributed by atoms with Gasteiger partial charge in [-0.2, -0.15) is 0 Å². The predicted molar refractivity (Wildman–Crippen MR) is 90.6 cm³/mol. The number of nitrogens with one attached hydrogen (secondary N) is 1. The molecule has 5 heteroatoms. The summed E-state index contributed by atoms with van der Waals surface area (Å²) in [5, 5.41) is 25.0. The molecule has 2 rings (SSSR count). The molecule has 0 radical (unpaired) electrons. The van der Waals surface area contributed by atoms with Crippen molar-refractivity contribution >= 4 is 11.6 Å². The van der Waals surface area contributed by atoms with Crippen molar-refractivity contribution < 1.29 is 10.2 Å². The molecule has 2 unspecified atom stereocenters. The van der Waals surface area contributed by atoms with Crippen LogP contribution >= 0.6 is 11.6 Å². The Morgan fingerprint density at radius 1 is 1.18 bits per heavy atom. The SMILES string of the molecule is CC(C)c1cc(Cl)cc(C(O)C(C)CN2CCNCC2)c1O. The first-order valence-corrected chi connectivity index (χ1v) is 8.41. The average Bonchev–Trinajstić information content (AvgIpc) is 2.49. The van der Waals surface area contributed by atoms with Gasteiger partial charge in [-0.3, -0.25) is 0 Å². The molecule has 1 aliphatic heterocycles. The molecule has 22 heavy (non-hydrogen) atoms. The van der Waals surface area contributed by atoms with Gasteiger partial charge >= 0.3 is 0 Å². The molecule has 1 heterocycles. The highest BCUT2D eigenvalue weighted by Crippen LogP contribution is 2.38. The van der Waals surface area contributed by atoms with Crippen LogP contribution in [0, 0.1) is 5.92 Å². The van der Waals surface area contributed by atoms with Crippen molar-refractivity contribution in [3.05, 3.63) is 28.3 Å². The molecule has 0 bridgehead atoms. The zero-order valence-corrected chi connectivity index (χ0v) is 14.4. The van der Waals surface area contributed by atoms with E-state index in [0.29, 0.717) is 10.6 Å². The molecule has 1 aliphatic rings. The maximum absolute atomic E-state index is 10.7. The Morgan fingerprint density at radius 3 is 2.36 bits per heavy atom. The highest BCUT2D eigenvalue weighted by molar-refractivity contribution is 6.30. The van der Waals surface area contributed by atoms with E-state index in [2.05, 4.69) is 10.2 Å². The second-order valence-electron chi connectivity index (χ2n) is 6.56. The minimum Gasteiger partial charge on any atom is -0.507 e. The molecular weight excluding hydrogens is 300 g/mol. The van der Waals surface area contributed by atoms with E-state index in [-0.39, 0.29) is 17.6 Å². The number of rotatable bonds is 5. The third-order valence-corrected chi connectivity index (χ3v) is 4.59. The lowest BCUT2D eigenvalue weighted by Gasteiger charge is -2.31. The van der Waals surface area contributed by atoms with Gasteiger partial charge in [0.1, 0.15) is 5.75 Å². The summed E-state index contributed by atoms with van der Waals surface area (Å²) in [6, 6.07) is 3.46. The van der Waals surface area contributed by atoms with Crippen LogP contribution in [0.1, 0.15) is 43.9 Å². The van der Waals surface area contributed by atoms with Gasteiger partial charge in [0.05, 0.1) is 6.10 Å². The first-order chi connectivity index (χ1) is 10.4. The van der Waals surface area contributed by atoms with Crippen molar-refractivity contribution in [3.63, 3.8) is 0 Å². The third kappa shape index (κ3) is 4.13. The summed E-state index contributed by atoms with van der Waals surface area (Å²) in [7, 11) is 0. The van der Waals surface area contributed by atoms with Crippen LogP contribution in [0.5, 0.6) is 5.75 Å². The summed E-state index contributed by atoms with van der Waals surface area (Å²) >= 11 is 6.17. The van der Waals surface area contributed by atoms with E-state index in [1.807, 2.05) is 20.8 Å². The van der Waals surface area contributed by atoms with Crippen LogP contribution in [0.4, 0.5) is 0 Å². The van der Waals surface area contributed by atoms with E-state index in [1.54, 1.807) is 12.1 Å². The topological polar surface area (TPSA) is 55.7 Å². The zero-order valence-electron chi connectivity index (χ0n) is 13.6. The van der Waals surface area contributed by atoms with Crippen LogP contribution in [0.15, 0.2) is 12.1 Å². The number of nitrogens with zero attached hydrogens (tertiary/aromatic N) is 1. The van der Waals surface area contributed by atoms with Crippen molar-refractivity contribution in [2.45, 2.75) is 32.8 Å². The fourth-order valence-corrected chi connectivity index (χ4v) is 3.25. The van der Waals surface area contributed by atoms with Crippen LogP contribution in [0.2, 0.25) is 5.02 Å². The third-order valence-electron chi connectivity index (χ3n) is 4.37. The summed E-state index contributed by atoms with van der Waals surface area (Å²) in [5.41, 5.74) is 1.33. The first kappa shape index (κ1) is 17.5. The minimum absolute atomic E-state index is 0.0301. The highest BCUT2D eigenvalue weighted by Gasteiger charge is 2.25. The van der Waals surface area contributed by atoms with Gasteiger partial charge in [0.2, 0.25) is 0 Å². The van der Waals surface area contributed by atoms with Gasteiger partial charge in [-0.25, -0.2) is 0 Å². The van der Waals surface area contributed by atoms with E-state index >= 15 is 0 Å². The molecular formula is C17H27ClN2O2. The Hall–Kier alpha value is -0.810. The molecule has 0 aliphatic carbocycles. The van der Waals surface area contributed by atoms with Crippen molar-refractivity contribution in [2.75, 3.05) is 32.7 Å². The lowest BCUT2D eigenvalue weighted by Crippen LogP contribution is -2.45. The van der Waals surface area contributed by atoms with Crippen LogP contribution < -0.4 is 5.32 Å². The monoisotopic (exact) mass is 326 g/mol. The van der Waals surface area contributed by atoms with Crippen LogP contribution in [-0.4, -0.2) is 47.8 Å². The van der Waals surface area contributed by atoms with Crippen LogP contribution in [-0.2, 0) is 0 Å². The van der Waals surface area contributed by atoms with Crippen molar-refractivity contribution in [2.24, 2.45) is 5.92 Å². The summed E-state index contributed by atoms with van der Waals surface area (Å²) in [6.07, 6.45) is -0.717. The summed E-state index contributed by atoms with van der Waals surface area (Å²) < 4.78 is 0. The van der Waals surface area contributed by atoms with Crippen molar-refractivity contribution in [1.82, 2.24) is 10.2 Å². The lowest BCUT2D eigenvalue weighted by atomic mass is 9.91. The van der Waals surface area contributed by atoms with E-state index in [0.717, 1.165) is 38.3 Å². The fraction of sp³-hybridized carbons (Fsp3) is 0.647. The molecule has 124 valence electrons. The smallest absolute Gasteiger partial charge is 0.124 e. The van der Waals surface area contributed by atoms with Gasteiger partial charge in [-0.1, -0.05) is 32.4 Å². The molecule has 1 fully saturated rings.